The Morgan fingerprint density at radius 1 is 0.897 bits per heavy atom. The summed E-state index contributed by atoms with van der Waals surface area (Å²) in [5.41, 5.74) is 3.56. The number of carboxylic acids is 1. The molecule has 0 aliphatic carbocycles. The molecule has 0 radical (unpaired) electrons. The number of amides is 2. The molecule has 0 bridgehead atoms. The van der Waals surface area contributed by atoms with Crippen molar-refractivity contribution in [3.05, 3.63) is 128 Å². The lowest BCUT2D eigenvalue weighted by Gasteiger charge is -2.15. The van der Waals surface area contributed by atoms with Crippen LogP contribution in [-0.2, 0) is 36.4 Å². The molecule has 0 saturated carbocycles. The number of thiophene rings is 1. The van der Waals surface area contributed by atoms with Crippen LogP contribution in [0.15, 0.2) is 83.9 Å². The summed E-state index contributed by atoms with van der Waals surface area (Å²) in [7, 11) is 0. The average Bonchev–Trinajstić information content (AvgIpc) is 3.96. The van der Waals surface area contributed by atoms with E-state index in [1.54, 1.807) is 72.2 Å². The first-order chi connectivity index (χ1) is 32.7. The first-order valence-corrected chi connectivity index (χ1v) is 22.6. The molecule has 0 fully saturated rings. The second-order valence-corrected chi connectivity index (χ2v) is 17.0. The number of aromatic nitrogens is 4. The minimum atomic E-state index is -4.69. The third kappa shape index (κ3) is 11.2. The molecular weight excluding hydrogens is 929 g/mol. The lowest BCUT2D eigenvalue weighted by molar-refractivity contribution is -0.140. The molecule has 0 spiro atoms. The van der Waals surface area contributed by atoms with E-state index in [0.29, 0.717) is 104 Å². The van der Waals surface area contributed by atoms with Crippen LogP contribution in [0.5, 0.6) is 5.75 Å². The van der Waals surface area contributed by atoms with Gasteiger partial charge in [0.2, 0.25) is 5.91 Å². The predicted octanol–water partition coefficient (Wildman–Crippen LogP) is 8.33. The highest BCUT2D eigenvalue weighted by Crippen LogP contribution is 2.41. The van der Waals surface area contributed by atoms with Crippen LogP contribution in [-0.4, -0.2) is 101 Å². The van der Waals surface area contributed by atoms with Gasteiger partial charge in [0, 0.05) is 39.6 Å². The van der Waals surface area contributed by atoms with Crippen molar-refractivity contribution < 1.29 is 51.6 Å². The zero-order chi connectivity index (χ0) is 48.0. The Morgan fingerprint density at radius 3 is 2.29 bits per heavy atom. The van der Waals surface area contributed by atoms with E-state index in [2.05, 4.69) is 31.1 Å². The second kappa shape index (κ2) is 21.1. The third-order valence-corrected chi connectivity index (χ3v) is 12.3. The number of nitrogens with one attached hydrogen (secondary N) is 3. The number of carbonyl (C=O) groups excluding carboxylic acids is 2. The molecule has 68 heavy (non-hydrogen) atoms. The molecule has 4 N–H and O–H groups in total. The maximum atomic E-state index is 14.0. The number of ether oxygens (including phenoxy) is 4. The van der Waals surface area contributed by atoms with E-state index in [1.165, 1.54) is 29.5 Å². The monoisotopic (exact) mass is 972 g/mol. The number of benzene rings is 3. The van der Waals surface area contributed by atoms with E-state index < -0.39 is 23.9 Å². The summed E-state index contributed by atoms with van der Waals surface area (Å²) in [4.78, 5) is 46.6. The normalized spacial score (nSPS) is 14.1. The maximum Gasteiger partial charge on any atom is 0.434 e. The summed E-state index contributed by atoms with van der Waals surface area (Å²) in [6, 6.07) is 20.7. The number of carbonyl (C=O) groups is 3. The molecule has 3 aromatic carbocycles. The highest BCUT2D eigenvalue weighted by molar-refractivity contribution is 7.17. The Bertz CT molecular complexity index is 2850. The number of pyridine rings is 1. The van der Waals surface area contributed by atoms with E-state index in [9.17, 15) is 32.7 Å². The lowest BCUT2D eigenvalue weighted by atomic mass is 9.99. The number of hydrogen-bond donors (Lipinski definition) is 4. The number of aliphatic carboxylic acids is 1. The number of rotatable bonds is 20. The maximum absolute atomic E-state index is 14.0. The molecular formula is C47H44ClF3N8O8S. The number of carboxylic acid groups (broad SMARTS) is 1. The van der Waals surface area contributed by atoms with E-state index in [0.717, 1.165) is 0 Å². The smallest absolute Gasteiger partial charge is 0.434 e. The molecule has 2 amide bonds. The van der Waals surface area contributed by atoms with Crippen molar-refractivity contribution >= 4 is 63.6 Å². The molecule has 0 saturated heterocycles. The number of halogens is 4. The number of fused-ring (bicyclic) bond motifs is 4. The van der Waals surface area contributed by atoms with Crippen LogP contribution in [0.3, 0.4) is 0 Å². The van der Waals surface area contributed by atoms with Gasteiger partial charge in [-0.1, -0.05) is 29.8 Å². The van der Waals surface area contributed by atoms with Crippen LogP contribution >= 0.6 is 22.9 Å². The molecule has 2 aliphatic heterocycles. The zero-order valence-electron chi connectivity index (χ0n) is 36.6. The van der Waals surface area contributed by atoms with Gasteiger partial charge in [0.1, 0.15) is 35.0 Å². The van der Waals surface area contributed by atoms with E-state index >= 15 is 0 Å². The molecule has 3 aromatic heterocycles. The Hall–Kier alpha value is -6.71. The highest BCUT2D eigenvalue weighted by Gasteiger charge is 2.37. The van der Waals surface area contributed by atoms with Crippen molar-refractivity contribution in [2.75, 3.05) is 68.7 Å². The zero-order valence-corrected chi connectivity index (χ0v) is 38.2. The number of alkyl halides is 3. The topological polar surface area (TPSA) is 200 Å². The third-order valence-electron chi connectivity index (χ3n) is 10.8. The van der Waals surface area contributed by atoms with Crippen molar-refractivity contribution in [3.63, 3.8) is 0 Å². The first kappa shape index (κ1) is 47.8. The number of anilines is 3. The Labute approximate surface area is 396 Å². The van der Waals surface area contributed by atoms with Gasteiger partial charge in [-0.2, -0.15) is 13.2 Å². The molecule has 6 aromatic rings. The average molecular weight is 973 g/mol. The van der Waals surface area contributed by atoms with Gasteiger partial charge in [-0.3, -0.25) is 23.9 Å². The summed E-state index contributed by atoms with van der Waals surface area (Å²) < 4.78 is 66.2. The van der Waals surface area contributed by atoms with Gasteiger partial charge in [-0.15, -0.1) is 21.5 Å². The molecule has 1 atom stereocenters. The van der Waals surface area contributed by atoms with Crippen LogP contribution in [0.1, 0.15) is 61.7 Å². The predicted molar refractivity (Wildman–Crippen MR) is 249 cm³/mol. The van der Waals surface area contributed by atoms with Crippen molar-refractivity contribution in [3.8, 4) is 21.9 Å². The summed E-state index contributed by atoms with van der Waals surface area (Å²) >= 11 is 7.44. The van der Waals surface area contributed by atoms with Gasteiger partial charge >= 0.3 is 12.1 Å². The second-order valence-electron chi connectivity index (χ2n) is 15.6. The van der Waals surface area contributed by atoms with Gasteiger partial charge < -0.3 is 40.0 Å². The molecule has 8 rings (SSSR count). The van der Waals surface area contributed by atoms with Crippen LogP contribution in [0.4, 0.5) is 30.4 Å². The van der Waals surface area contributed by atoms with Crippen LogP contribution in [0, 0.1) is 13.8 Å². The summed E-state index contributed by atoms with van der Waals surface area (Å²) in [5.74, 6) is -0.0554. The van der Waals surface area contributed by atoms with E-state index in [4.69, 9.17) is 35.5 Å². The van der Waals surface area contributed by atoms with Gasteiger partial charge in [0.15, 0.2) is 11.5 Å². The summed E-state index contributed by atoms with van der Waals surface area (Å²) in [6.45, 7) is 5.81. The van der Waals surface area contributed by atoms with Crippen molar-refractivity contribution in [2.24, 2.45) is 4.99 Å². The lowest BCUT2D eigenvalue weighted by Crippen LogP contribution is -2.16. The van der Waals surface area contributed by atoms with Gasteiger partial charge in [0.25, 0.3) is 5.91 Å². The van der Waals surface area contributed by atoms with Crippen molar-refractivity contribution in [1.82, 2.24) is 19.7 Å². The Kier molecular flexibility index (Phi) is 14.8. The number of hydrogen-bond acceptors (Lipinski definition) is 13. The first-order valence-electron chi connectivity index (χ1n) is 21.4. The molecule has 0 unspecified atom stereocenters. The molecule has 354 valence electrons. The fraction of sp³-hybridized carbons (Fsp3) is 0.298. The number of aliphatic imine (C=N–C) groups is 1. The van der Waals surface area contributed by atoms with Crippen molar-refractivity contribution in [1.29, 1.82) is 0 Å². The summed E-state index contributed by atoms with van der Waals surface area (Å²) in [6.07, 6.45) is -4.88. The van der Waals surface area contributed by atoms with Gasteiger partial charge in [-0.25, -0.2) is 4.98 Å². The molecule has 2 aliphatic rings. The van der Waals surface area contributed by atoms with Gasteiger partial charge in [0.05, 0.1) is 63.1 Å². The molecule has 5 heterocycles. The highest BCUT2D eigenvalue weighted by atomic mass is 35.5. The van der Waals surface area contributed by atoms with Crippen molar-refractivity contribution in [2.45, 2.75) is 38.9 Å². The van der Waals surface area contributed by atoms with Gasteiger partial charge in [-0.05, 0) is 91.2 Å². The minimum absolute atomic E-state index is 0.0577. The SMILES string of the molecule is Cc1c(C(=O)Nc2ccc(OCCOCCOCCOCCNc3ccc(-c4ccc5c(c4)CC(=O)N5)c(C(F)(F)F)n3)cc2)sc2c1C(c1ccc(Cl)cc1)=N[C@@H](CC(=O)O)c1nnc(C)n1-2. The van der Waals surface area contributed by atoms with Crippen LogP contribution < -0.4 is 20.7 Å². The number of nitrogens with zero attached hydrogens (tertiary/aromatic N) is 5. The van der Waals surface area contributed by atoms with Crippen LogP contribution in [0.2, 0.25) is 5.02 Å². The molecule has 21 heteroatoms. The Balaban J connectivity index is 0.742. The quantitative estimate of drug-likeness (QED) is 0.0534. The fourth-order valence-corrected chi connectivity index (χ4v) is 9.03. The molecule has 16 nitrogen and oxygen atoms in total. The van der Waals surface area contributed by atoms with E-state index in [-0.39, 0.29) is 62.4 Å². The standard InChI is InChI=1S/C47H44ClF3N8O8S/c1-26-40-41(28-3-6-31(48)7-4-28)55-36(25-39(61)62)44-58-57-27(2)59(44)46(40)68-42(26)45(63)53-32-8-10-33(11-9-32)67-22-21-66-20-19-65-18-17-64-16-15-52-37-14-12-34(43(56-37)47(49,50)51)29-5-13-35-30(23-29)24-38(60)54-35/h3-14,23,36H,15-22,24-25H2,1-2H3,(H,52,56)(H,53,63)(H,54,60)(H,61,62)/t36-/m0/s1. The number of aryl methyl sites for hydroxylation is 1. The largest absolute Gasteiger partial charge is 0.491 e. The fourth-order valence-electron chi connectivity index (χ4n) is 7.64. The Morgan fingerprint density at radius 2 is 1.59 bits per heavy atom. The van der Waals surface area contributed by atoms with Crippen LogP contribution in [0.25, 0.3) is 16.1 Å². The summed E-state index contributed by atoms with van der Waals surface area (Å²) in [5, 5.41) is 28.0. The van der Waals surface area contributed by atoms with E-state index in [1.807, 2.05) is 6.92 Å². The minimum Gasteiger partial charge on any atom is -0.491 e.